The van der Waals surface area contributed by atoms with Gasteiger partial charge in [-0.25, -0.2) is 15.0 Å². The van der Waals surface area contributed by atoms with Gasteiger partial charge >= 0.3 is 0 Å². The van der Waals surface area contributed by atoms with Gasteiger partial charge in [0.15, 0.2) is 0 Å². The molecule has 1 amide bonds. The normalized spacial score (nSPS) is 17.4. The van der Waals surface area contributed by atoms with Crippen LogP contribution in [0.15, 0.2) is 24.8 Å². The summed E-state index contributed by atoms with van der Waals surface area (Å²) in [6.07, 6.45) is 9.18. The predicted octanol–water partition coefficient (Wildman–Crippen LogP) is 1.38. The summed E-state index contributed by atoms with van der Waals surface area (Å²) >= 11 is 0. The number of carbonyl (C=O) groups is 1. The second-order valence-corrected chi connectivity index (χ2v) is 4.83. The van der Waals surface area contributed by atoms with Gasteiger partial charge in [-0.05, 0) is 26.2 Å². The van der Waals surface area contributed by atoms with Crippen LogP contribution in [0.2, 0.25) is 0 Å². The maximum absolute atomic E-state index is 12.1. The third kappa shape index (κ3) is 2.49. The van der Waals surface area contributed by atoms with E-state index in [1.54, 1.807) is 6.20 Å². The van der Waals surface area contributed by atoms with Crippen LogP contribution in [0.1, 0.15) is 46.5 Å². The highest BCUT2D eigenvalue weighted by Crippen LogP contribution is 2.28. The Bertz CT molecular complexity index is 629. The van der Waals surface area contributed by atoms with Crippen LogP contribution in [0, 0.1) is 6.92 Å². The maximum atomic E-state index is 12.1. The van der Waals surface area contributed by atoms with Gasteiger partial charge in [0.1, 0.15) is 11.5 Å². The van der Waals surface area contributed by atoms with Crippen LogP contribution in [0.3, 0.4) is 0 Å². The molecule has 0 unspecified atom stereocenters. The quantitative estimate of drug-likeness (QED) is 0.890. The van der Waals surface area contributed by atoms with Gasteiger partial charge in [-0.15, -0.1) is 0 Å². The summed E-state index contributed by atoms with van der Waals surface area (Å²) in [5, 5.41) is 2.99. The molecule has 0 saturated carbocycles. The second kappa shape index (κ2) is 5.32. The van der Waals surface area contributed by atoms with Gasteiger partial charge in [0, 0.05) is 29.8 Å². The van der Waals surface area contributed by atoms with Gasteiger partial charge in [0.25, 0.3) is 5.91 Å². The van der Waals surface area contributed by atoms with Gasteiger partial charge in [-0.1, -0.05) is 0 Å². The van der Waals surface area contributed by atoms with Gasteiger partial charge in [0.2, 0.25) is 0 Å². The van der Waals surface area contributed by atoms with E-state index >= 15 is 0 Å². The first-order valence-corrected chi connectivity index (χ1v) is 6.63. The number of nitrogens with zero attached hydrogens (tertiary/aromatic N) is 4. The number of carbonyl (C=O) groups excluding carboxylic acids is 1. The van der Waals surface area contributed by atoms with E-state index in [9.17, 15) is 4.79 Å². The number of aromatic nitrogens is 4. The van der Waals surface area contributed by atoms with Crippen LogP contribution in [0.5, 0.6) is 0 Å². The first kappa shape index (κ1) is 12.7. The van der Waals surface area contributed by atoms with Crippen LogP contribution in [0.25, 0.3) is 0 Å². The first-order chi connectivity index (χ1) is 9.74. The fourth-order valence-electron chi connectivity index (χ4n) is 2.45. The number of amides is 1. The summed E-state index contributed by atoms with van der Waals surface area (Å²) in [6.45, 7) is 1.88. The molecular weight excluding hydrogens is 254 g/mol. The first-order valence-electron chi connectivity index (χ1n) is 6.63. The van der Waals surface area contributed by atoms with Crippen LogP contribution in [-0.4, -0.2) is 25.8 Å². The lowest BCUT2D eigenvalue weighted by Gasteiger charge is -2.25. The molecule has 2 aromatic rings. The van der Waals surface area contributed by atoms with Gasteiger partial charge < -0.3 is 5.32 Å². The van der Waals surface area contributed by atoms with E-state index in [0.29, 0.717) is 5.69 Å². The van der Waals surface area contributed by atoms with Crippen LogP contribution >= 0.6 is 0 Å². The SMILES string of the molecule is Cc1ncc2c(n1)CCC[C@H]2NC(=O)c1cnccn1. The Morgan fingerprint density at radius 1 is 1.30 bits per heavy atom. The van der Waals surface area contributed by atoms with E-state index in [-0.39, 0.29) is 11.9 Å². The van der Waals surface area contributed by atoms with E-state index in [4.69, 9.17) is 0 Å². The van der Waals surface area contributed by atoms with E-state index in [2.05, 4.69) is 25.3 Å². The molecule has 1 aliphatic carbocycles. The largest absolute Gasteiger partial charge is 0.344 e. The third-order valence-electron chi connectivity index (χ3n) is 3.40. The zero-order valence-electron chi connectivity index (χ0n) is 11.2. The Morgan fingerprint density at radius 3 is 3.00 bits per heavy atom. The highest BCUT2D eigenvalue weighted by Gasteiger charge is 2.24. The lowest BCUT2D eigenvalue weighted by molar-refractivity contribution is 0.0927. The molecule has 3 rings (SSSR count). The lowest BCUT2D eigenvalue weighted by atomic mass is 9.92. The monoisotopic (exact) mass is 269 g/mol. The number of hydrogen-bond donors (Lipinski definition) is 1. The number of hydrogen-bond acceptors (Lipinski definition) is 5. The molecular formula is C14H15N5O. The minimum Gasteiger partial charge on any atom is -0.344 e. The summed E-state index contributed by atoms with van der Waals surface area (Å²) in [4.78, 5) is 28.7. The van der Waals surface area contributed by atoms with Crippen LogP contribution in [0.4, 0.5) is 0 Å². The molecule has 0 bridgehead atoms. The third-order valence-corrected chi connectivity index (χ3v) is 3.40. The molecule has 6 heteroatoms. The molecule has 6 nitrogen and oxygen atoms in total. The smallest absolute Gasteiger partial charge is 0.271 e. The Kier molecular flexibility index (Phi) is 3.37. The fourth-order valence-corrected chi connectivity index (χ4v) is 2.45. The van der Waals surface area contributed by atoms with E-state index in [1.165, 1.54) is 12.4 Å². The zero-order chi connectivity index (χ0) is 13.9. The molecule has 102 valence electrons. The van der Waals surface area contributed by atoms with Crippen molar-refractivity contribution in [2.45, 2.75) is 32.2 Å². The summed E-state index contributed by atoms with van der Waals surface area (Å²) < 4.78 is 0. The van der Waals surface area contributed by atoms with Crippen molar-refractivity contribution in [3.63, 3.8) is 0 Å². The molecule has 0 fully saturated rings. The molecule has 0 aromatic carbocycles. The summed E-state index contributed by atoms with van der Waals surface area (Å²) in [6, 6.07) is -0.0474. The topological polar surface area (TPSA) is 80.7 Å². The van der Waals surface area contributed by atoms with Crippen molar-refractivity contribution in [3.8, 4) is 0 Å². The molecule has 1 N–H and O–H groups in total. The van der Waals surface area contributed by atoms with E-state index in [1.807, 2.05) is 13.1 Å². The molecule has 1 atom stereocenters. The minimum absolute atomic E-state index is 0.0474. The van der Waals surface area contributed by atoms with Crippen molar-refractivity contribution >= 4 is 5.91 Å². The number of nitrogens with one attached hydrogen (secondary N) is 1. The van der Waals surface area contributed by atoms with Crippen molar-refractivity contribution in [2.75, 3.05) is 0 Å². The lowest BCUT2D eigenvalue weighted by Crippen LogP contribution is -2.32. The Balaban J connectivity index is 1.81. The maximum Gasteiger partial charge on any atom is 0.271 e. The molecule has 2 heterocycles. The molecule has 0 saturated heterocycles. The molecule has 2 aromatic heterocycles. The van der Waals surface area contributed by atoms with E-state index < -0.39 is 0 Å². The zero-order valence-corrected chi connectivity index (χ0v) is 11.2. The highest BCUT2D eigenvalue weighted by molar-refractivity contribution is 5.92. The van der Waals surface area contributed by atoms with Crippen molar-refractivity contribution in [1.29, 1.82) is 0 Å². The average Bonchev–Trinajstić information content (AvgIpc) is 2.48. The van der Waals surface area contributed by atoms with E-state index in [0.717, 1.165) is 36.3 Å². The summed E-state index contributed by atoms with van der Waals surface area (Å²) in [7, 11) is 0. The number of fused-ring (bicyclic) bond motifs is 1. The molecule has 0 aliphatic heterocycles. The average molecular weight is 269 g/mol. The summed E-state index contributed by atoms with van der Waals surface area (Å²) in [5.41, 5.74) is 2.37. The number of aryl methyl sites for hydroxylation is 2. The minimum atomic E-state index is -0.212. The van der Waals surface area contributed by atoms with Crippen LogP contribution in [-0.2, 0) is 6.42 Å². The fraction of sp³-hybridized carbons (Fsp3) is 0.357. The Labute approximate surface area is 116 Å². The Morgan fingerprint density at radius 2 is 2.20 bits per heavy atom. The Hall–Kier alpha value is -2.37. The van der Waals surface area contributed by atoms with Crippen molar-refractivity contribution in [2.24, 2.45) is 0 Å². The molecule has 0 radical (unpaired) electrons. The second-order valence-electron chi connectivity index (χ2n) is 4.83. The standard InChI is InChI=1S/C14H15N5O/c1-9-17-7-10-11(18-9)3-2-4-12(10)19-14(20)13-8-15-5-6-16-13/h5-8,12H,2-4H2,1H3,(H,19,20)/t12-/m1/s1. The van der Waals surface area contributed by atoms with Crippen molar-refractivity contribution < 1.29 is 4.79 Å². The van der Waals surface area contributed by atoms with Gasteiger partial charge in [-0.2, -0.15) is 0 Å². The highest BCUT2D eigenvalue weighted by atomic mass is 16.1. The molecule has 1 aliphatic rings. The molecule has 20 heavy (non-hydrogen) atoms. The van der Waals surface area contributed by atoms with Crippen molar-refractivity contribution in [3.05, 3.63) is 47.6 Å². The molecule has 0 spiro atoms. The number of rotatable bonds is 2. The predicted molar refractivity (Wildman–Crippen MR) is 71.9 cm³/mol. The van der Waals surface area contributed by atoms with Gasteiger partial charge in [0.05, 0.1) is 12.2 Å². The van der Waals surface area contributed by atoms with Gasteiger partial charge in [-0.3, -0.25) is 9.78 Å². The summed E-state index contributed by atoms with van der Waals surface area (Å²) in [5.74, 6) is 0.557. The van der Waals surface area contributed by atoms with Crippen molar-refractivity contribution in [1.82, 2.24) is 25.3 Å². The van der Waals surface area contributed by atoms with Crippen LogP contribution < -0.4 is 5.32 Å².